The summed E-state index contributed by atoms with van der Waals surface area (Å²) in [6, 6.07) is 3.15. The number of carbonyl (C=O) groups excluding carboxylic acids is 1. The molecule has 0 aliphatic carbocycles. The molecule has 1 heterocycles. The van der Waals surface area contributed by atoms with Gasteiger partial charge in [-0.3, -0.25) is 4.79 Å². The Morgan fingerprint density at radius 1 is 1.65 bits per heavy atom. The van der Waals surface area contributed by atoms with E-state index in [-0.39, 0.29) is 19.1 Å². The van der Waals surface area contributed by atoms with Gasteiger partial charge in [0.15, 0.2) is 0 Å². The average molecular weight is 259 g/mol. The van der Waals surface area contributed by atoms with Crippen molar-refractivity contribution >= 4 is 17.5 Å². The highest BCUT2D eigenvalue weighted by Gasteiger charge is 2.11. The SMILES string of the molecule is COCC(O)CNC(=O)c1ccc(Cl)nc1C. The van der Waals surface area contributed by atoms with Gasteiger partial charge in [0, 0.05) is 13.7 Å². The second kappa shape index (κ2) is 6.54. The number of hydrogen-bond donors (Lipinski definition) is 2. The van der Waals surface area contributed by atoms with E-state index in [0.717, 1.165) is 0 Å². The number of ether oxygens (including phenoxy) is 1. The molecule has 1 unspecified atom stereocenters. The summed E-state index contributed by atoms with van der Waals surface area (Å²) >= 11 is 5.69. The lowest BCUT2D eigenvalue weighted by Gasteiger charge is -2.11. The molecule has 0 aliphatic rings. The van der Waals surface area contributed by atoms with E-state index in [1.165, 1.54) is 7.11 Å². The monoisotopic (exact) mass is 258 g/mol. The van der Waals surface area contributed by atoms with E-state index in [1.807, 2.05) is 0 Å². The molecular weight excluding hydrogens is 244 g/mol. The smallest absolute Gasteiger partial charge is 0.253 e. The van der Waals surface area contributed by atoms with Gasteiger partial charge < -0.3 is 15.2 Å². The maximum atomic E-state index is 11.7. The Hall–Kier alpha value is -1.17. The van der Waals surface area contributed by atoms with E-state index >= 15 is 0 Å². The van der Waals surface area contributed by atoms with Gasteiger partial charge in [0.25, 0.3) is 5.91 Å². The second-order valence-electron chi connectivity index (χ2n) is 3.59. The molecule has 94 valence electrons. The molecule has 1 amide bonds. The number of nitrogens with one attached hydrogen (secondary N) is 1. The molecule has 0 radical (unpaired) electrons. The molecule has 0 saturated carbocycles. The number of nitrogens with zero attached hydrogens (tertiary/aromatic N) is 1. The summed E-state index contributed by atoms with van der Waals surface area (Å²) in [6.07, 6.45) is -0.718. The Morgan fingerprint density at radius 3 is 2.94 bits per heavy atom. The molecule has 2 N–H and O–H groups in total. The maximum Gasteiger partial charge on any atom is 0.253 e. The summed E-state index contributed by atoms with van der Waals surface area (Å²) < 4.78 is 4.75. The van der Waals surface area contributed by atoms with E-state index < -0.39 is 6.10 Å². The maximum absolute atomic E-state index is 11.7. The van der Waals surface area contributed by atoms with Gasteiger partial charge in [-0.2, -0.15) is 0 Å². The minimum absolute atomic E-state index is 0.134. The number of hydrogen-bond acceptors (Lipinski definition) is 4. The minimum Gasteiger partial charge on any atom is -0.389 e. The van der Waals surface area contributed by atoms with Crippen molar-refractivity contribution in [1.29, 1.82) is 0 Å². The first-order valence-corrected chi connectivity index (χ1v) is 5.50. The number of pyridine rings is 1. The van der Waals surface area contributed by atoms with Crippen LogP contribution in [0.15, 0.2) is 12.1 Å². The predicted octanol–water partition coefficient (Wildman–Crippen LogP) is 0.781. The molecule has 0 aromatic carbocycles. The summed E-state index contributed by atoms with van der Waals surface area (Å²) in [4.78, 5) is 15.7. The summed E-state index contributed by atoms with van der Waals surface area (Å²) in [5.74, 6) is -0.290. The molecular formula is C11H15ClN2O3. The van der Waals surface area contributed by atoms with Crippen molar-refractivity contribution in [3.05, 3.63) is 28.5 Å². The molecule has 0 saturated heterocycles. The van der Waals surface area contributed by atoms with Crippen LogP contribution in [0.2, 0.25) is 5.15 Å². The van der Waals surface area contributed by atoms with E-state index in [9.17, 15) is 9.90 Å². The zero-order valence-corrected chi connectivity index (χ0v) is 10.5. The summed E-state index contributed by atoms with van der Waals surface area (Å²) in [5, 5.41) is 12.3. The quantitative estimate of drug-likeness (QED) is 0.766. The molecule has 0 spiro atoms. The number of amides is 1. The molecule has 0 aliphatic heterocycles. The van der Waals surface area contributed by atoms with Crippen molar-refractivity contribution in [2.24, 2.45) is 0 Å². The van der Waals surface area contributed by atoms with Gasteiger partial charge in [-0.05, 0) is 19.1 Å². The Morgan fingerprint density at radius 2 is 2.35 bits per heavy atom. The van der Waals surface area contributed by atoms with Crippen molar-refractivity contribution < 1.29 is 14.6 Å². The third-order valence-corrected chi connectivity index (χ3v) is 2.36. The number of rotatable bonds is 5. The fourth-order valence-electron chi connectivity index (χ4n) is 1.33. The van der Waals surface area contributed by atoms with Crippen molar-refractivity contribution in [2.45, 2.75) is 13.0 Å². The van der Waals surface area contributed by atoms with Gasteiger partial charge in [0.1, 0.15) is 5.15 Å². The number of methoxy groups -OCH3 is 1. The van der Waals surface area contributed by atoms with Gasteiger partial charge >= 0.3 is 0 Å². The highest BCUT2D eigenvalue weighted by molar-refractivity contribution is 6.29. The van der Waals surface area contributed by atoms with Crippen LogP contribution in [0.1, 0.15) is 16.1 Å². The van der Waals surface area contributed by atoms with E-state index in [2.05, 4.69) is 10.3 Å². The van der Waals surface area contributed by atoms with Crippen molar-refractivity contribution in [3.8, 4) is 0 Å². The molecule has 1 rings (SSSR count). The van der Waals surface area contributed by atoms with Crippen LogP contribution >= 0.6 is 11.6 Å². The number of aryl methyl sites for hydroxylation is 1. The number of carbonyl (C=O) groups is 1. The number of halogens is 1. The predicted molar refractivity (Wildman–Crippen MR) is 64.2 cm³/mol. The van der Waals surface area contributed by atoms with Crippen molar-refractivity contribution in [1.82, 2.24) is 10.3 Å². The zero-order valence-electron chi connectivity index (χ0n) is 9.74. The minimum atomic E-state index is -0.718. The van der Waals surface area contributed by atoms with Crippen LogP contribution < -0.4 is 5.32 Å². The number of aliphatic hydroxyl groups is 1. The van der Waals surface area contributed by atoms with Crippen LogP contribution in [0, 0.1) is 6.92 Å². The lowest BCUT2D eigenvalue weighted by Crippen LogP contribution is -2.34. The van der Waals surface area contributed by atoms with Crippen molar-refractivity contribution in [3.63, 3.8) is 0 Å². The van der Waals surface area contributed by atoms with Crippen LogP contribution in [0.4, 0.5) is 0 Å². The Labute approximate surface area is 105 Å². The number of aromatic nitrogens is 1. The third-order valence-electron chi connectivity index (χ3n) is 2.15. The number of aliphatic hydroxyl groups excluding tert-OH is 1. The van der Waals surface area contributed by atoms with E-state index in [0.29, 0.717) is 16.4 Å². The molecule has 6 heteroatoms. The lowest BCUT2D eigenvalue weighted by molar-refractivity contribution is 0.0609. The molecule has 0 bridgehead atoms. The van der Waals surface area contributed by atoms with Gasteiger partial charge in [0.05, 0.1) is 24.0 Å². The fourth-order valence-corrected chi connectivity index (χ4v) is 1.52. The standard InChI is InChI=1S/C11H15ClN2O3/c1-7-9(3-4-10(12)14-7)11(16)13-5-8(15)6-17-2/h3-4,8,15H,5-6H2,1-2H3,(H,13,16). The topological polar surface area (TPSA) is 71.5 Å². The first kappa shape index (κ1) is 13.9. The van der Waals surface area contributed by atoms with Crippen LogP contribution in [-0.2, 0) is 4.74 Å². The first-order valence-electron chi connectivity index (χ1n) is 5.13. The highest BCUT2D eigenvalue weighted by Crippen LogP contribution is 2.10. The summed E-state index contributed by atoms with van der Waals surface area (Å²) in [6.45, 7) is 2.01. The van der Waals surface area contributed by atoms with Gasteiger partial charge in [-0.15, -0.1) is 0 Å². The summed E-state index contributed by atoms with van der Waals surface area (Å²) in [5.41, 5.74) is 0.996. The van der Waals surface area contributed by atoms with Crippen LogP contribution in [0.3, 0.4) is 0 Å². The van der Waals surface area contributed by atoms with Crippen LogP contribution in [-0.4, -0.2) is 42.4 Å². The van der Waals surface area contributed by atoms with Gasteiger partial charge in [-0.25, -0.2) is 4.98 Å². The first-order chi connectivity index (χ1) is 8.04. The Bertz CT molecular complexity index is 398. The molecule has 1 atom stereocenters. The van der Waals surface area contributed by atoms with Gasteiger partial charge in [0.2, 0.25) is 0 Å². The average Bonchev–Trinajstić information content (AvgIpc) is 2.26. The molecule has 1 aromatic rings. The molecule has 0 fully saturated rings. The summed E-state index contributed by atoms with van der Waals surface area (Å²) in [7, 11) is 1.48. The van der Waals surface area contributed by atoms with E-state index in [1.54, 1.807) is 19.1 Å². The zero-order chi connectivity index (χ0) is 12.8. The van der Waals surface area contributed by atoms with Crippen molar-refractivity contribution in [2.75, 3.05) is 20.3 Å². The van der Waals surface area contributed by atoms with Gasteiger partial charge in [-0.1, -0.05) is 11.6 Å². The van der Waals surface area contributed by atoms with Crippen LogP contribution in [0.5, 0.6) is 0 Å². The largest absolute Gasteiger partial charge is 0.389 e. The fraction of sp³-hybridized carbons (Fsp3) is 0.455. The molecule has 17 heavy (non-hydrogen) atoms. The Balaban J connectivity index is 2.58. The van der Waals surface area contributed by atoms with E-state index in [4.69, 9.17) is 16.3 Å². The second-order valence-corrected chi connectivity index (χ2v) is 3.97. The van der Waals surface area contributed by atoms with Crippen LogP contribution in [0.25, 0.3) is 0 Å². The molecule has 1 aromatic heterocycles. The lowest BCUT2D eigenvalue weighted by atomic mass is 10.2. The molecule has 5 nitrogen and oxygen atoms in total. The third kappa shape index (κ3) is 4.30. The Kier molecular flexibility index (Phi) is 5.34. The highest BCUT2D eigenvalue weighted by atomic mass is 35.5. The normalized spacial score (nSPS) is 12.2.